The van der Waals surface area contributed by atoms with Gasteiger partial charge in [-0.25, -0.2) is 10.3 Å². The molecule has 1 saturated heterocycles. The molecule has 23 heavy (non-hydrogen) atoms. The summed E-state index contributed by atoms with van der Waals surface area (Å²) in [5, 5.41) is 2.21. The summed E-state index contributed by atoms with van der Waals surface area (Å²) in [5.41, 5.74) is 5.50. The molecule has 0 spiro atoms. The van der Waals surface area contributed by atoms with Crippen LogP contribution in [0.3, 0.4) is 0 Å². The summed E-state index contributed by atoms with van der Waals surface area (Å²) in [6.07, 6.45) is -0.0317. The molecule has 3 amide bonds. The van der Waals surface area contributed by atoms with Crippen LogP contribution < -0.4 is 15.8 Å². The Hall–Kier alpha value is -2.22. The average molecular weight is 350 g/mol. The van der Waals surface area contributed by atoms with Gasteiger partial charge in [0.05, 0.1) is 17.0 Å². The first kappa shape index (κ1) is 15.7. The summed E-state index contributed by atoms with van der Waals surface area (Å²) < 4.78 is 0. The van der Waals surface area contributed by atoms with Gasteiger partial charge in [-0.3, -0.25) is 19.8 Å². The van der Waals surface area contributed by atoms with Crippen molar-refractivity contribution in [3.63, 3.8) is 0 Å². The van der Waals surface area contributed by atoms with Gasteiger partial charge in [0.1, 0.15) is 6.04 Å². The number of thiophene rings is 1. The molecule has 2 heterocycles. The SMILES string of the molecule is O=C(NN[C@@H]1CC(=O)N(c2cccc(Cl)c2)C1=O)c1cccs1. The lowest BCUT2D eigenvalue weighted by atomic mass is 10.2. The van der Waals surface area contributed by atoms with E-state index >= 15 is 0 Å². The van der Waals surface area contributed by atoms with Crippen LogP contribution in [-0.2, 0) is 9.59 Å². The maximum Gasteiger partial charge on any atom is 0.275 e. The molecular formula is C15H12ClN3O3S. The van der Waals surface area contributed by atoms with Gasteiger partial charge in [-0.2, -0.15) is 0 Å². The van der Waals surface area contributed by atoms with Crippen molar-refractivity contribution in [3.05, 3.63) is 51.7 Å². The van der Waals surface area contributed by atoms with Gasteiger partial charge in [-0.05, 0) is 29.6 Å². The predicted octanol–water partition coefficient (Wildman–Crippen LogP) is 1.97. The zero-order valence-electron chi connectivity index (χ0n) is 11.8. The Morgan fingerprint density at radius 2 is 2.09 bits per heavy atom. The first-order valence-electron chi connectivity index (χ1n) is 6.78. The number of imide groups is 1. The summed E-state index contributed by atoms with van der Waals surface area (Å²) in [5.74, 6) is -1.12. The Morgan fingerprint density at radius 3 is 2.78 bits per heavy atom. The van der Waals surface area contributed by atoms with E-state index in [-0.39, 0.29) is 18.2 Å². The molecule has 6 nitrogen and oxygen atoms in total. The predicted molar refractivity (Wildman–Crippen MR) is 87.3 cm³/mol. The zero-order chi connectivity index (χ0) is 16.4. The fourth-order valence-corrected chi connectivity index (χ4v) is 3.06. The summed E-state index contributed by atoms with van der Waals surface area (Å²) >= 11 is 7.18. The minimum Gasteiger partial charge on any atom is -0.286 e. The molecule has 0 saturated carbocycles. The number of carbonyl (C=O) groups excluding carboxylic acids is 3. The van der Waals surface area contributed by atoms with E-state index in [1.807, 2.05) is 0 Å². The molecule has 0 aliphatic carbocycles. The van der Waals surface area contributed by atoms with E-state index in [2.05, 4.69) is 10.9 Å². The number of rotatable bonds is 4. The molecule has 0 bridgehead atoms. The van der Waals surface area contributed by atoms with E-state index in [1.54, 1.807) is 41.8 Å². The molecule has 1 aromatic heterocycles. The van der Waals surface area contributed by atoms with Crippen molar-refractivity contribution in [2.24, 2.45) is 0 Å². The van der Waals surface area contributed by atoms with Crippen molar-refractivity contribution in [1.29, 1.82) is 0 Å². The molecule has 1 aromatic carbocycles. The molecular weight excluding hydrogens is 338 g/mol. The van der Waals surface area contributed by atoms with Gasteiger partial charge in [0.2, 0.25) is 5.91 Å². The highest BCUT2D eigenvalue weighted by Gasteiger charge is 2.39. The van der Waals surface area contributed by atoms with Crippen LogP contribution in [-0.4, -0.2) is 23.8 Å². The second-order valence-electron chi connectivity index (χ2n) is 4.88. The maximum absolute atomic E-state index is 12.4. The van der Waals surface area contributed by atoms with Crippen LogP contribution in [0.15, 0.2) is 41.8 Å². The maximum atomic E-state index is 12.4. The number of anilines is 1. The van der Waals surface area contributed by atoms with Crippen LogP contribution in [0.25, 0.3) is 0 Å². The van der Waals surface area contributed by atoms with Gasteiger partial charge in [0, 0.05) is 5.02 Å². The fraction of sp³-hybridized carbons (Fsp3) is 0.133. The molecule has 3 rings (SSSR count). The van der Waals surface area contributed by atoms with Gasteiger partial charge in [-0.15, -0.1) is 11.3 Å². The molecule has 8 heteroatoms. The molecule has 2 N–H and O–H groups in total. The van der Waals surface area contributed by atoms with E-state index < -0.39 is 11.9 Å². The van der Waals surface area contributed by atoms with E-state index in [0.29, 0.717) is 15.6 Å². The van der Waals surface area contributed by atoms with Gasteiger partial charge in [0.25, 0.3) is 11.8 Å². The van der Waals surface area contributed by atoms with Crippen molar-refractivity contribution >= 4 is 46.3 Å². The monoisotopic (exact) mass is 349 g/mol. The Bertz CT molecular complexity index is 763. The molecule has 1 fully saturated rings. The third-order valence-corrected chi connectivity index (χ3v) is 4.42. The van der Waals surface area contributed by atoms with Crippen LogP contribution in [0.4, 0.5) is 5.69 Å². The second-order valence-corrected chi connectivity index (χ2v) is 6.26. The first-order valence-corrected chi connectivity index (χ1v) is 8.04. The van der Waals surface area contributed by atoms with E-state index in [9.17, 15) is 14.4 Å². The molecule has 118 valence electrons. The van der Waals surface area contributed by atoms with Crippen LogP contribution in [0.2, 0.25) is 5.02 Å². The van der Waals surface area contributed by atoms with E-state index in [0.717, 1.165) is 4.90 Å². The molecule has 2 aromatic rings. The highest BCUT2D eigenvalue weighted by Crippen LogP contribution is 2.25. The smallest absolute Gasteiger partial charge is 0.275 e. The lowest BCUT2D eigenvalue weighted by molar-refractivity contribution is -0.121. The van der Waals surface area contributed by atoms with Gasteiger partial charge >= 0.3 is 0 Å². The van der Waals surface area contributed by atoms with Crippen molar-refractivity contribution in [1.82, 2.24) is 10.9 Å². The van der Waals surface area contributed by atoms with Crippen LogP contribution in [0.1, 0.15) is 16.1 Å². The van der Waals surface area contributed by atoms with Crippen LogP contribution in [0.5, 0.6) is 0 Å². The van der Waals surface area contributed by atoms with Crippen molar-refractivity contribution in [3.8, 4) is 0 Å². The topological polar surface area (TPSA) is 78.5 Å². The number of hydrogen-bond donors (Lipinski definition) is 2. The van der Waals surface area contributed by atoms with E-state index in [4.69, 9.17) is 11.6 Å². The van der Waals surface area contributed by atoms with Crippen molar-refractivity contribution in [2.75, 3.05) is 4.90 Å². The minimum atomic E-state index is -0.801. The first-order chi connectivity index (χ1) is 11.1. The average Bonchev–Trinajstić information content (AvgIpc) is 3.13. The zero-order valence-corrected chi connectivity index (χ0v) is 13.4. The normalized spacial score (nSPS) is 17.6. The standard InChI is InChI=1S/C15H12ClN3O3S/c16-9-3-1-4-10(7-9)19-13(20)8-11(15(19)22)17-18-14(21)12-5-2-6-23-12/h1-7,11,17H,8H2,(H,18,21)/t11-/m1/s1. The summed E-state index contributed by atoms with van der Waals surface area (Å²) in [6, 6.07) is 9.13. The summed E-state index contributed by atoms with van der Waals surface area (Å²) in [6.45, 7) is 0. The Labute approximate surface area is 141 Å². The summed E-state index contributed by atoms with van der Waals surface area (Å²) in [4.78, 5) is 37.9. The number of benzene rings is 1. The molecule has 1 aliphatic rings. The quantitative estimate of drug-likeness (QED) is 0.653. The third-order valence-electron chi connectivity index (χ3n) is 3.32. The number of amides is 3. The number of nitrogens with zero attached hydrogens (tertiary/aromatic N) is 1. The molecule has 1 aliphatic heterocycles. The van der Waals surface area contributed by atoms with Crippen molar-refractivity contribution in [2.45, 2.75) is 12.5 Å². The Kier molecular flexibility index (Phi) is 4.42. The number of halogens is 1. The lowest BCUT2D eigenvalue weighted by Gasteiger charge is -2.16. The third kappa shape index (κ3) is 3.26. The molecule has 0 radical (unpaired) electrons. The van der Waals surface area contributed by atoms with Gasteiger partial charge in [-0.1, -0.05) is 23.7 Å². The molecule has 1 atom stereocenters. The number of carbonyl (C=O) groups is 3. The Balaban J connectivity index is 1.68. The lowest BCUT2D eigenvalue weighted by Crippen LogP contribution is -2.48. The van der Waals surface area contributed by atoms with Gasteiger partial charge < -0.3 is 0 Å². The highest BCUT2D eigenvalue weighted by molar-refractivity contribution is 7.12. The minimum absolute atomic E-state index is 0.0317. The summed E-state index contributed by atoms with van der Waals surface area (Å²) in [7, 11) is 0. The largest absolute Gasteiger partial charge is 0.286 e. The number of hydrazine groups is 1. The number of hydrogen-bond acceptors (Lipinski definition) is 5. The van der Waals surface area contributed by atoms with Crippen LogP contribution >= 0.6 is 22.9 Å². The Morgan fingerprint density at radius 1 is 1.26 bits per heavy atom. The van der Waals surface area contributed by atoms with Gasteiger partial charge in [0.15, 0.2) is 0 Å². The second kappa shape index (κ2) is 6.49. The number of nitrogens with one attached hydrogen (secondary N) is 2. The fourth-order valence-electron chi connectivity index (χ4n) is 2.25. The van der Waals surface area contributed by atoms with Crippen molar-refractivity contribution < 1.29 is 14.4 Å². The highest BCUT2D eigenvalue weighted by atomic mass is 35.5. The van der Waals surface area contributed by atoms with Crippen LogP contribution in [0, 0.1) is 0 Å². The van der Waals surface area contributed by atoms with E-state index in [1.165, 1.54) is 11.3 Å². The molecule has 0 unspecified atom stereocenters.